The average molecular weight is 449 g/mol. The highest BCUT2D eigenvalue weighted by Crippen LogP contribution is 2.25. The number of hydrogen-bond acceptors (Lipinski definition) is 2. The molecule has 0 aliphatic carbocycles. The Labute approximate surface area is 190 Å². The molecule has 0 radical (unpaired) electrons. The molecule has 0 atom stereocenters. The number of benzene rings is 4. The number of carbonyl (C=O) groups excluding carboxylic acids is 2. The van der Waals surface area contributed by atoms with Crippen molar-refractivity contribution in [3.8, 4) is 0 Å². The summed E-state index contributed by atoms with van der Waals surface area (Å²) in [6.07, 6.45) is 0.791. The maximum atomic E-state index is 12.6. The molecule has 4 aromatic rings. The first kappa shape index (κ1) is 20.9. The van der Waals surface area contributed by atoms with Crippen molar-refractivity contribution in [2.24, 2.45) is 0 Å². The van der Waals surface area contributed by atoms with Gasteiger partial charge in [0.15, 0.2) is 0 Å². The molecule has 4 rings (SSSR count). The largest absolute Gasteiger partial charge is 0.322 e. The van der Waals surface area contributed by atoms with Gasteiger partial charge in [-0.15, -0.1) is 0 Å². The van der Waals surface area contributed by atoms with Crippen LogP contribution in [-0.4, -0.2) is 12.3 Å². The van der Waals surface area contributed by atoms with Gasteiger partial charge in [-0.1, -0.05) is 71.7 Å². The Balaban J connectivity index is 1.57. The van der Waals surface area contributed by atoms with E-state index in [0.717, 1.165) is 22.7 Å². The van der Waals surface area contributed by atoms with Crippen molar-refractivity contribution in [2.45, 2.75) is 6.54 Å². The van der Waals surface area contributed by atoms with Crippen molar-refractivity contribution in [1.29, 1.82) is 0 Å². The highest BCUT2D eigenvalue weighted by molar-refractivity contribution is 6.35. The normalized spacial score (nSPS) is 10.6. The molecule has 1 N–H and O–H groups in total. The average Bonchev–Trinajstić information content (AvgIpc) is 2.77. The van der Waals surface area contributed by atoms with Crippen molar-refractivity contribution in [3.05, 3.63) is 106 Å². The van der Waals surface area contributed by atoms with E-state index in [4.69, 9.17) is 23.2 Å². The monoisotopic (exact) mass is 448 g/mol. The molecule has 4 aromatic carbocycles. The molecule has 0 fully saturated rings. The minimum absolute atomic E-state index is 0.340. The van der Waals surface area contributed by atoms with Gasteiger partial charge in [0.05, 0.1) is 6.54 Å². The van der Waals surface area contributed by atoms with Crippen LogP contribution < -0.4 is 10.2 Å². The zero-order valence-corrected chi connectivity index (χ0v) is 17.9. The van der Waals surface area contributed by atoms with Crippen LogP contribution in [0.15, 0.2) is 84.9 Å². The number of amides is 2. The quantitative estimate of drug-likeness (QED) is 0.339. The number of nitrogens with one attached hydrogen (secondary N) is 1. The first-order chi connectivity index (χ1) is 15.0. The summed E-state index contributed by atoms with van der Waals surface area (Å²) in [6.45, 7) is 0.409. The third-order valence-electron chi connectivity index (χ3n) is 4.91. The van der Waals surface area contributed by atoms with Gasteiger partial charge in [0, 0.05) is 27.0 Å². The highest BCUT2D eigenvalue weighted by atomic mass is 35.5. The number of halogens is 2. The van der Waals surface area contributed by atoms with E-state index in [2.05, 4.69) is 5.32 Å². The van der Waals surface area contributed by atoms with E-state index in [1.807, 2.05) is 48.5 Å². The summed E-state index contributed by atoms with van der Waals surface area (Å²) in [4.78, 5) is 26.1. The van der Waals surface area contributed by atoms with Crippen molar-refractivity contribution in [1.82, 2.24) is 0 Å². The maximum Gasteiger partial charge on any atom is 0.255 e. The molecular formula is C25H18Cl2N2O2. The van der Waals surface area contributed by atoms with Crippen molar-refractivity contribution < 1.29 is 9.59 Å². The Hall–Kier alpha value is -3.34. The molecule has 4 nitrogen and oxygen atoms in total. The van der Waals surface area contributed by atoms with Gasteiger partial charge >= 0.3 is 0 Å². The van der Waals surface area contributed by atoms with Crippen molar-refractivity contribution >= 4 is 57.7 Å². The van der Waals surface area contributed by atoms with Crippen LogP contribution in [0.5, 0.6) is 0 Å². The van der Waals surface area contributed by atoms with Crippen molar-refractivity contribution in [3.63, 3.8) is 0 Å². The zero-order chi connectivity index (χ0) is 21.8. The molecule has 0 aliphatic rings. The van der Waals surface area contributed by atoms with Gasteiger partial charge in [-0.2, -0.15) is 0 Å². The first-order valence-corrected chi connectivity index (χ1v) is 10.4. The van der Waals surface area contributed by atoms with E-state index < -0.39 is 0 Å². The van der Waals surface area contributed by atoms with E-state index >= 15 is 0 Å². The number of nitrogens with zero attached hydrogens (tertiary/aromatic N) is 1. The molecule has 0 aliphatic heterocycles. The summed E-state index contributed by atoms with van der Waals surface area (Å²) < 4.78 is 0. The third-order valence-corrected chi connectivity index (χ3v) is 5.34. The van der Waals surface area contributed by atoms with Gasteiger partial charge < -0.3 is 10.2 Å². The van der Waals surface area contributed by atoms with Gasteiger partial charge in [0.2, 0.25) is 6.41 Å². The highest BCUT2D eigenvalue weighted by Gasteiger charge is 2.12. The van der Waals surface area contributed by atoms with Gasteiger partial charge in [-0.3, -0.25) is 9.59 Å². The second kappa shape index (κ2) is 9.21. The number of rotatable bonds is 6. The molecule has 0 saturated carbocycles. The summed E-state index contributed by atoms with van der Waals surface area (Å²) in [5, 5.41) is 5.81. The number of fused-ring (bicyclic) bond motifs is 1. The predicted octanol–water partition coefficient (Wildman–Crippen LogP) is 6.56. The number of anilines is 2. The summed E-state index contributed by atoms with van der Waals surface area (Å²) in [5.74, 6) is -0.340. The molecule has 154 valence electrons. The topological polar surface area (TPSA) is 49.4 Å². The van der Waals surface area contributed by atoms with Crippen molar-refractivity contribution in [2.75, 3.05) is 10.2 Å². The fourth-order valence-corrected chi connectivity index (χ4v) is 3.98. The standard InChI is InChI=1S/C25H18Cl2N2O2/c26-20-11-19(12-21(27)13-20)25(31)28-22-8-4-9-23(14-22)29(16-30)15-18-7-3-6-17-5-1-2-10-24(17)18/h1-14,16H,15H2,(H,28,31). The molecule has 6 heteroatoms. The SMILES string of the molecule is O=CN(Cc1cccc2ccccc12)c1cccc(NC(=O)c2cc(Cl)cc(Cl)c2)c1. The molecular weight excluding hydrogens is 431 g/mol. The lowest BCUT2D eigenvalue weighted by molar-refractivity contribution is -0.107. The van der Waals surface area contributed by atoms with E-state index in [0.29, 0.717) is 33.5 Å². The van der Waals surface area contributed by atoms with Crippen LogP contribution in [0.3, 0.4) is 0 Å². The summed E-state index contributed by atoms with van der Waals surface area (Å²) >= 11 is 12.0. The number of carbonyl (C=O) groups is 2. The third kappa shape index (κ3) is 4.88. The first-order valence-electron chi connectivity index (χ1n) is 9.59. The van der Waals surface area contributed by atoms with E-state index in [9.17, 15) is 9.59 Å². The molecule has 0 spiro atoms. The second-order valence-electron chi connectivity index (χ2n) is 7.03. The fourth-order valence-electron chi connectivity index (χ4n) is 3.45. The minimum Gasteiger partial charge on any atom is -0.322 e. The Morgan fingerprint density at radius 2 is 1.58 bits per heavy atom. The lowest BCUT2D eigenvalue weighted by atomic mass is 10.0. The fraction of sp³-hybridized carbons (Fsp3) is 0.0400. The summed E-state index contributed by atoms with van der Waals surface area (Å²) in [7, 11) is 0. The molecule has 2 amide bonds. The van der Waals surface area contributed by atoms with Crippen LogP contribution >= 0.6 is 23.2 Å². The van der Waals surface area contributed by atoms with Crippen LogP contribution in [0, 0.1) is 0 Å². The number of hydrogen-bond donors (Lipinski definition) is 1. The lowest BCUT2D eigenvalue weighted by Gasteiger charge is -2.19. The zero-order valence-electron chi connectivity index (χ0n) is 16.4. The van der Waals surface area contributed by atoms with Gasteiger partial charge in [0.25, 0.3) is 5.91 Å². The lowest BCUT2D eigenvalue weighted by Crippen LogP contribution is -2.21. The van der Waals surface area contributed by atoms with Gasteiger partial charge in [0.1, 0.15) is 0 Å². The van der Waals surface area contributed by atoms with Gasteiger partial charge in [-0.05, 0) is 52.7 Å². The van der Waals surface area contributed by atoms with Gasteiger partial charge in [-0.25, -0.2) is 0 Å². The van der Waals surface area contributed by atoms with E-state index in [-0.39, 0.29) is 5.91 Å². The second-order valence-corrected chi connectivity index (χ2v) is 7.91. The van der Waals surface area contributed by atoms with Crippen LogP contribution in [0.25, 0.3) is 10.8 Å². The van der Waals surface area contributed by atoms with Crippen LogP contribution in [0.2, 0.25) is 10.0 Å². The molecule has 0 saturated heterocycles. The van der Waals surface area contributed by atoms with E-state index in [1.165, 1.54) is 0 Å². The smallest absolute Gasteiger partial charge is 0.255 e. The molecule has 0 bridgehead atoms. The predicted molar refractivity (Wildman–Crippen MR) is 127 cm³/mol. The molecule has 0 heterocycles. The molecule has 0 unspecified atom stereocenters. The van der Waals surface area contributed by atoms with Crippen LogP contribution in [0.4, 0.5) is 11.4 Å². The van der Waals surface area contributed by atoms with E-state index in [1.54, 1.807) is 41.3 Å². The summed E-state index contributed by atoms with van der Waals surface area (Å²) in [5.41, 5.74) is 2.62. The Morgan fingerprint density at radius 3 is 2.35 bits per heavy atom. The van der Waals surface area contributed by atoms with Crippen LogP contribution in [-0.2, 0) is 11.3 Å². The summed E-state index contributed by atoms with van der Waals surface area (Å²) in [6, 6.07) is 25.9. The Morgan fingerprint density at radius 1 is 0.871 bits per heavy atom. The maximum absolute atomic E-state index is 12.6. The Kier molecular flexibility index (Phi) is 6.21. The minimum atomic E-state index is -0.340. The molecule has 0 aromatic heterocycles. The Bertz CT molecular complexity index is 1250. The van der Waals surface area contributed by atoms with Crippen LogP contribution in [0.1, 0.15) is 15.9 Å². The molecule has 31 heavy (non-hydrogen) atoms.